The van der Waals surface area contributed by atoms with Gasteiger partial charge in [0.1, 0.15) is 23.9 Å². The quantitative estimate of drug-likeness (QED) is 0.669. The van der Waals surface area contributed by atoms with Gasteiger partial charge in [-0.1, -0.05) is 0 Å². The Bertz CT molecular complexity index is 877. The summed E-state index contributed by atoms with van der Waals surface area (Å²) in [6.07, 6.45) is 5.76. The fraction of sp³-hybridized carbons (Fsp3) is 0.450. The van der Waals surface area contributed by atoms with Gasteiger partial charge in [0.05, 0.1) is 18.4 Å². The van der Waals surface area contributed by atoms with Crippen molar-refractivity contribution in [3.63, 3.8) is 0 Å². The van der Waals surface area contributed by atoms with Crippen LogP contribution in [-0.2, 0) is 6.54 Å². The number of fused-ring (bicyclic) bond motifs is 3. The molecule has 1 saturated heterocycles. The van der Waals surface area contributed by atoms with E-state index in [0.29, 0.717) is 12.4 Å². The normalized spacial score (nSPS) is 17.1. The van der Waals surface area contributed by atoms with Crippen molar-refractivity contribution in [3.05, 3.63) is 30.1 Å². The number of rotatable bonds is 3. The van der Waals surface area contributed by atoms with E-state index in [2.05, 4.69) is 37.7 Å². The van der Waals surface area contributed by atoms with Crippen molar-refractivity contribution in [2.75, 3.05) is 24.6 Å². The van der Waals surface area contributed by atoms with E-state index in [1.54, 1.807) is 0 Å². The van der Waals surface area contributed by atoms with Crippen molar-refractivity contribution in [3.8, 4) is 17.1 Å². The topological polar surface area (TPSA) is 81.0 Å². The SMILES string of the molecule is CC(C)N=C(N=CN)c1cn2c(n1)-c1cc(N3CCCC3)ccc1OCC2. The van der Waals surface area contributed by atoms with Gasteiger partial charge in [0.2, 0.25) is 0 Å². The molecule has 0 spiro atoms. The van der Waals surface area contributed by atoms with Crippen molar-refractivity contribution in [1.29, 1.82) is 0 Å². The predicted molar refractivity (Wildman–Crippen MR) is 109 cm³/mol. The molecule has 0 aliphatic carbocycles. The fourth-order valence-electron chi connectivity index (χ4n) is 3.63. The van der Waals surface area contributed by atoms with E-state index in [1.165, 1.54) is 24.9 Å². The van der Waals surface area contributed by atoms with Crippen molar-refractivity contribution >= 4 is 17.9 Å². The second kappa shape index (κ2) is 7.42. The molecule has 1 aromatic carbocycles. The summed E-state index contributed by atoms with van der Waals surface area (Å²) in [5.74, 6) is 2.33. The van der Waals surface area contributed by atoms with Crippen LogP contribution < -0.4 is 15.4 Å². The third-order valence-corrected chi connectivity index (χ3v) is 4.85. The van der Waals surface area contributed by atoms with E-state index in [0.717, 1.165) is 42.5 Å². The van der Waals surface area contributed by atoms with Gasteiger partial charge < -0.3 is 19.9 Å². The van der Waals surface area contributed by atoms with Crippen LogP contribution in [0, 0.1) is 0 Å². The second-order valence-corrected chi connectivity index (χ2v) is 7.19. The van der Waals surface area contributed by atoms with E-state index in [9.17, 15) is 0 Å². The minimum Gasteiger partial charge on any atom is -0.491 e. The van der Waals surface area contributed by atoms with Gasteiger partial charge in [-0.15, -0.1) is 0 Å². The Balaban J connectivity index is 1.78. The van der Waals surface area contributed by atoms with Gasteiger partial charge in [-0.25, -0.2) is 9.98 Å². The first-order chi connectivity index (χ1) is 13.2. The van der Waals surface area contributed by atoms with E-state index < -0.39 is 0 Å². The molecule has 0 saturated carbocycles. The summed E-state index contributed by atoms with van der Waals surface area (Å²) >= 11 is 0. The van der Waals surface area contributed by atoms with E-state index >= 15 is 0 Å². The summed E-state index contributed by atoms with van der Waals surface area (Å²) in [6, 6.07) is 6.52. The van der Waals surface area contributed by atoms with Crippen LogP contribution in [0.15, 0.2) is 34.4 Å². The van der Waals surface area contributed by atoms with Crippen molar-refractivity contribution in [1.82, 2.24) is 9.55 Å². The zero-order valence-corrected chi connectivity index (χ0v) is 15.9. The van der Waals surface area contributed by atoms with Gasteiger partial charge >= 0.3 is 0 Å². The van der Waals surface area contributed by atoms with Gasteiger partial charge in [0.25, 0.3) is 0 Å². The molecular formula is C20H26N6O. The van der Waals surface area contributed by atoms with Crippen LogP contribution in [0.5, 0.6) is 5.75 Å². The summed E-state index contributed by atoms with van der Waals surface area (Å²) < 4.78 is 8.08. The number of amidine groups is 1. The van der Waals surface area contributed by atoms with Crippen molar-refractivity contribution < 1.29 is 4.74 Å². The van der Waals surface area contributed by atoms with Crippen LogP contribution in [0.25, 0.3) is 11.4 Å². The zero-order chi connectivity index (χ0) is 18.8. The number of nitrogens with zero attached hydrogens (tertiary/aromatic N) is 5. The first-order valence-electron chi connectivity index (χ1n) is 9.57. The first kappa shape index (κ1) is 17.6. The molecule has 2 aliphatic heterocycles. The standard InChI is InChI=1S/C20H26N6O/c1-14(2)23-19(22-13-21)17-12-26-9-10-27-18-6-5-15(25-7-3-4-8-25)11-16(18)20(26)24-17/h5-6,11-14H,3-4,7-10H2,1-2H3,(H2,21,22,23). The summed E-state index contributed by atoms with van der Waals surface area (Å²) in [5.41, 5.74) is 8.50. The Morgan fingerprint density at radius 3 is 2.81 bits per heavy atom. The Morgan fingerprint density at radius 1 is 1.26 bits per heavy atom. The lowest BCUT2D eigenvalue weighted by Crippen LogP contribution is -2.17. The van der Waals surface area contributed by atoms with Gasteiger partial charge in [0, 0.05) is 31.0 Å². The molecule has 0 atom stereocenters. The van der Waals surface area contributed by atoms with Gasteiger partial charge in [-0.2, -0.15) is 0 Å². The minimum absolute atomic E-state index is 0.114. The molecule has 0 radical (unpaired) electrons. The second-order valence-electron chi connectivity index (χ2n) is 7.19. The highest BCUT2D eigenvalue weighted by molar-refractivity contribution is 6.01. The third kappa shape index (κ3) is 3.54. The summed E-state index contributed by atoms with van der Waals surface area (Å²) in [4.78, 5) is 16.1. The molecule has 3 heterocycles. The highest BCUT2D eigenvalue weighted by atomic mass is 16.5. The van der Waals surface area contributed by atoms with Crippen LogP contribution in [0.1, 0.15) is 32.4 Å². The van der Waals surface area contributed by atoms with Gasteiger partial charge in [-0.05, 0) is 44.9 Å². The summed E-state index contributed by atoms with van der Waals surface area (Å²) in [5, 5.41) is 0. The molecule has 1 aromatic heterocycles. The number of aliphatic imine (C=N–C) groups is 2. The molecule has 27 heavy (non-hydrogen) atoms. The monoisotopic (exact) mass is 366 g/mol. The minimum atomic E-state index is 0.114. The molecule has 1 fully saturated rings. The van der Waals surface area contributed by atoms with Crippen molar-refractivity contribution in [2.45, 2.75) is 39.3 Å². The molecule has 0 amide bonds. The average Bonchev–Trinajstić information content (AvgIpc) is 3.29. The fourth-order valence-corrected chi connectivity index (χ4v) is 3.63. The Hall–Kier alpha value is -2.83. The lowest BCUT2D eigenvalue weighted by molar-refractivity contribution is 0.306. The van der Waals surface area contributed by atoms with E-state index in [-0.39, 0.29) is 6.04 Å². The number of anilines is 1. The molecule has 142 valence electrons. The van der Waals surface area contributed by atoms with Crippen LogP contribution in [0.2, 0.25) is 0 Å². The maximum Gasteiger partial charge on any atom is 0.176 e. The Kier molecular flexibility index (Phi) is 4.83. The molecule has 0 unspecified atom stereocenters. The predicted octanol–water partition coefficient (Wildman–Crippen LogP) is 2.68. The highest BCUT2D eigenvalue weighted by Crippen LogP contribution is 2.36. The zero-order valence-electron chi connectivity index (χ0n) is 15.9. The van der Waals surface area contributed by atoms with Crippen LogP contribution in [0.3, 0.4) is 0 Å². The van der Waals surface area contributed by atoms with Gasteiger partial charge in [-0.3, -0.25) is 4.99 Å². The summed E-state index contributed by atoms with van der Waals surface area (Å²) in [7, 11) is 0. The number of ether oxygens (including phenoxy) is 1. The van der Waals surface area contributed by atoms with Gasteiger partial charge in [0.15, 0.2) is 5.84 Å². The Morgan fingerprint density at radius 2 is 2.07 bits per heavy atom. The molecule has 2 aliphatic rings. The summed E-state index contributed by atoms with van der Waals surface area (Å²) in [6.45, 7) is 7.58. The number of nitrogens with two attached hydrogens (primary N) is 1. The number of hydrogen-bond donors (Lipinski definition) is 1. The van der Waals surface area contributed by atoms with Crippen LogP contribution in [-0.4, -0.2) is 47.5 Å². The third-order valence-electron chi connectivity index (χ3n) is 4.85. The smallest absolute Gasteiger partial charge is 0.176 e. The average molecular weight is 366 g/mol. The molecule has 2 N–H and O–H groups in total. The lowest BCUT2D eigenvalue weighted by atomic mass is 10.1. The number of benzene rings is 1. The molecule has 0 bridgehead atoms. The first-order valence-corrected chi connectivity index (χ1v) is 9.57. The van der Waals surface area contributed by atoms with Crippen LogP contribution in [0.4, 0.5) is 5.69 Å². The lowest BCUT2D eigenvalue weighted by Gasteiger charge is -2.19. The number of aromatic nitrogens is 2. The highest BCUT2D eigenvalue weighted by Gasteiger charge is 2.22. The molecule has 7 heteroatoms. The number of imidazole rings is 1. The molecule has 2 aromatic rings. The van der Waals surface area contributed by atoms with E-state index in [4.69, 9.17) is 15.5 Å². The molecule has 4 rings (SSSR count). The Labute approximate surface area is 159 Å². The molecular weight excluding hydrogens is 340 g/mol. The van der Waals surface area contributed by atoms with Crippen molar-refractivity contribution in [2.24, 2.45) is 15.7 Å². The maximum atomic E-state index is 5.96. The maximum absolute atomic E-state index is 5.96. The molecule has 7 nitrogen and oxygen atoms in total. The van der Waals surface area contributed by atoms with E-state index in [1.807, 2.05) is 20.0 Å². The number of hydrogen-bond acceptors (Lipinski definition) is 4. The van der Waals surface area contributed by atoms with Crippen LogP contribution >= 0.6 is 0 Å². The largest absolute Gasteiger partial charge is 0.491 e.